The molecule has 0 amide bonds. The first-order valence-electron chi connectivity index (χ1n) is 8.30. The Morgan fingerprint density at radius 2 is 1.30 bits per heavy atom. The summed E-state index contributed by atoms with van der Waals surface area (Å²) < 4.78 is 32.8. The van der Waals surface area contributed by atoms with Crippen LogP contribution in [0.4, 0.5) is 0 Å². The van der Waals surface area contributed by atoms with Gasteiger partial charge in [0.05, 0.1) is 47.0 Å². The molecule has 27 heavy (non-hydrogen) atoms. The first-order chi connectivity index (χ1) is 13.1. The summed E-state index contributed by atoms with van der Waals surface area (Å²) in [5, 5.41) is 0. The molecular formula is C20H22O7. The Bertz CT molecular complexity index is 817. The van der Waals surface area contributed by atoms with Gasteiger partial charge in [-0.2, -0.15) is 0 Å². The van der Waals surface area contributed by atoms with E-state index in [0.29, 0.717) is 45.6 Å². The molecule has 1 atom stereocenters. The summed E-state index contributed by atoms with van der Waals surface area (Å²) in [4.78, 5) is 13.3. The molecule has 0 N–H and O–H groups in total. The van der Waals surface area contributed by atoms with E-state index < -0.39 is 5.92 Å². The lowest BCUT2D eigenvalue weighted by molar-refractivity contribution is 0.0887. The third-order valence-corrected chi connectivity index (χ3v) is 4.57. The Morgan fingerprint density at radius 1 is 0.778 bits per heavy atom. The largest absolute Gasteiger partial charge is 0.496 e. The number of hydrogen-bond donors (Lipinski definition) is 0. The molecule has 0 bridgehead atoms. The van der Waals surface area contributed by atoms with Crippen LogP contribution in [0.25, 0.3) is 0 Å². The van der Waals surface area contributed by atoms with Crippen molar-refractivity contribution in [1.82, 2.24) is 0 Å². The zero-order valence-corrected chi connectivity index (χ0v) is 16.0. The van der Waals surface area contributed by atoms with Gasteiger partial charge in [-0.25, -0.2) is 0 Å². The van der Waals surface area contributed by atoms with E-state index in [2.05, 4.69) is 0 Å². The second kappa shape index (κ2) is 7.65. The fourth-order valence-corrected chi connectivity index (χ4v) is 3.21. The highest BCUT2D eigenvalue weighted by Crippen LogP contribution is 2.46. The minimum atomic E-state index is -0.615. The van der Waals surface area contributed by atoms with Gasteiger partial charge in [0.1, 0.15) is 46.7 Å². The molecule has 1 unspecified atom stereocenters. The van der Waals surface area contributed by atoms with Crippen LogP contribution in [0.1, 0.15) is 21.8 Å². The van der Waals surface area contributed by atoms with E-state index in [0.717, 1.165) is 0 Å². The Labute approximate surface area is 157 Å². The highest BCUT2D eigenvalue weighted by atomic mass is 16.5. The number of carbonyl (C=O) groups excluding carboxylic acids is 1. The van der Waals surface area contributed by atoms with E-state index in [-0.39, 0.29) is 12.4 Å². The van der Waals surface area contributed by atoms with Crippen molar-refractivity contribution in [2.24, 2.45) is 0 Å². The van der Waals surface area contributed by atoms with Gasteiger partial charge in [-0.3, -0.25) is 4.79 Å². The molecule has 0 fully saturated rings. The van der Waals surface area contributed by atoms with E-state index in [1.165, 1.54) is 21.3 Å². The average molecular weight is 374 g/mol. The Hall–Kier alpha value is -3.09. The van der Waals surface area contributed by atoms with Crippen LogP contribution < -0.4 is 28.4 Å². The molecule has 1 aliphatic heterocycles. The minimum absolute atomic E-state index is 0.140. The fourth-order valence-electron chi connectivity index (χ4n) is 3.21. The normalized spacial score (nSPS) is 15.4. The summed E-state index contributed by atoms with van der Waals surface area (Å²) in [6.07, 6.45) is 0. The predicted molar refractivity (Wildman–Crippen MR) is 98.2 cm³/mol. The molecule has 0 aliphatic carbocycles. The number of hydrogen-bond acceptors (Lipinski definition) is 7. The van der Waals surface area contributed by atoms with E-state index in [9.17, 15) is 4.79 Å². The molecule has 0 aromatic heterocycles. The third-order valence-electron chi connectivity index (χ3n) is 4.57. The minimum Gasteiger partial charge on any atom is -0.496 e. The van der Waals surface area contributed by atoms with Gasteiger partial charge in [-0.1, -0.05) is 0 Å². The Balaban J connectivity index is 2.13. The lowest BCUT2D eigenvalue weighted by Gasteiger charge is -2.28. The van der Waals surface area contributed by atoms with Crippen LogP contribution in [0.3, 0.4) is 0 Å². The van der Waals surface area contributed by atoms with Crippen LogP contribution >= 0.6 is 0 Å². The average Bonchev–Trinajstić information content (AvgIpc) is 2.72. The Kier molecular flexibility index (Phi) is 5.30. The zero-order valence-electron chi connectivity index (χ0n) is 16.0. The second-order valence-corrected chi connectivity index (χ2v) is 5.88. The molecule has 0 spiro atoms. The van der Waals surface area contributed by atoms with Gasteiger partial charge in [-0.05, 0) is 0 Å². The lowest BCUT2D eigenvalue weighted by Crippen LogP contribution is -2.27. The third kappa shape index (κ3) is 3.20. The van der Waals surface area contributed by atoms with E-state index >= 15 is 0 Å². The fraction of sp³-hybridized carbons (Fsp3) is 0.350. The molecule has 7 nitrogen and oxygen atoms in total. The molecule has 1 aliphatic rings. The van der Waals surface area contributed by atoms with Crippen molar-refractivity contribution >= 4 is 5.78 Å². The van der Waals surface area contributed by atoms with Crippen molar-refractivity contribution in [1.29, 1.82) is 0 Å². The van der Waals surface area contributed by atoms with Crippen molar-refractivity contribution in [2.75, 3.05) is 42.2 Å². The molecule has 0 radical (unpaired) electrons. The number of Topliss-reactive ketones (excluding diaryl/α,β-unsaturated/α-hetero) is 1. The van der Waals surface area contributed by atoms with E-state index in [1.54, 1.807) is 38.5 Å². The van der Waals surface area contributed by atoms with Crippen molar-refractivity contribution in [3.05, 3.63) is 35.4 Å². The van der Waals surface area contributed by atoms with Crippen molar-refractivity contribution < 1.29 is 33.2 Å². The molecule has 144 valence electrons. The van der Waals surface area contributed by atoms with E-state index in [4.69, 9.17) is 28.4 Å². The van der Waals surface area contributed by atoms with Gasteiger partial charge in [0.25, 0.3) is 0 Å². The topological polar surface area (TPSA) is 72.5 Å². The SMILES string of the molecule is COc1cc(OC)c2c(c1)OCC(c1c(OC)cc(OC)cc1OC)C2=O. The molecule has 1 heterocycles. The van der Waals surface area contributed by atoms with Crippen molar-refractivity contribution in [3.63, 3.8) is 0 Å². The van der Waals surface area contributed by atoms with Gasteiger partial charge in [0.2, 0.25) is 0 Å². The summed E-state index contributed by atoms with van der Waals surface area (Å²) >= 11 is 0. The Morgan fingerprint density at radius 3 is 1.81 bits per heavy atom. The first-order valence-corrected chi connectivity index (χ1v) is 8.30. The van der Waals surface area contributed by atoms with Gasteiger partial charge < -0.3 is 28.4 Å². The zero-order chi connectivity index (χ0) is 19.6. The summed E-state index contributed by atoms with van der Waals surface area (Å²) in [5.41, 5.74) is 0.976. The summed E-state index contributed by atoms with van der Waals surface area (Å²) in [5.74, 6) is 2.17. The monoisotopic (exact) mass is 374 g/mol. The second-order valence-electron chi connectivity index (χ2n) is 5.88. The number of fused-ring (bicyclic) bond motifs is 1. The number of benzene rings is 2. The van der Waals surface area contributed by atoms with Crippen LogP contribution in [-0.2, 0) is 0 Å². The highest BCUT2D eigenvalue weighted by Gasteiger charge is 2.37. The van der Waals surface area contributed by atoms with Gasteiger partial charge in [-0.15, -0.1) is 0 Å². The van der Waals surface area contributed by atoms with Crippen LogP contribution in [0, 0.1) is 0 Å². The molecule has 2 aromatic carbocycles. The number of carbonyl (C=O) groups is 1. The van der Waals surface area contributed by atoms with Crippen LogP contribution in [0.2, 0.25) is 0 Å². The van der Waals surface area contributed by atoms with Crippen LogP contribution in [-0.4, -0.2) is 47.9 Å². The molecular weight excluding hydrogens is 352 g/mol. The van der Waals surface area contributed by atoms with Crippen LogP contribution in [0.5, 0.6) is 34.5 Å². The summed E-state index contributed by atoms with van der Waals surface area (Å²) in [6.45, 7) is 0.140. The maximum Gasteiger partial charge on any atom is 0.181 e. The summed E-state index contributed by atoms with van der Waals surface area (Å²) in [7, 11) is 7.66. The van der Waals surface area contributed by atoms with E-state index in [1.807, 2.05) is 0 Å². The van der Waals surface area contributed by atoms with Crippen molar-refractivity contribution in [3.8, 4) is 34.5 Å². The number of rotatable bonds is 6. The smallest absolute Gasteiger partial charge is 0.181 e. The maximum atomic E-state index is 13.3. The summed E-state index contributed by atoms with van der Waals surface area (Å²) in [6, 6.07) is 6.76. The molecule has 3 rings (SSSR count). The van der Waals surface area contributed by atoms with Gasteiger partial charge >= 0.3 is 0 Å². The number of ether oxygens (including phenoxy) is 6. The lowest BCUT2D eigenvalue weighted by atomic mass is 9.87. The predicted octanol–water partition coefficient (Wildman–Crippen LogP) is 3.09. The molecule has 7 heteroatoms. The standard InChI is InChI=1S/C20H22O7/c1-22-11-6-14(24-3)18(15(7-11)25-4)13-10-27-17-9-12(23-2)8-16(26-5)19(17)20(13)21/h6-9,13H,10H2,1-5H3. The quantitative estimate of drug-likeness (QED) is 0.769. The molecule has 0 saturated heterocycles. The molecule has 0 saturated carbocycles. The van der Waals surface area contributed by atoms with Crippen molar-refractivity contribution in [2.45, 2.75) is 5.92 Å². The highest BCUT2D eigenvalue weighted by molar-refractivity contribution is 6.07. The van der Waals surface area contributed by atoms with Crippen LogP contribution in [0.15, 0.2) is 24.3 Å². The first kappa shape index (κ1) is 18.7. The van der Waals surface area contributed by atoms with Gasteiger partial charge in [0.15, 0.2) is 5.78 Å². The maximum absolute atomic E-state index is 13.3. The number of methoxy groups -OCH3 is 5. The number of ketones is 1. The molecule has 2 aromatic rings. The van der Waals surface area contributed by atoms with Gasteiger partial charge in [0, 0.05) is 24.3 Å².